The minimum absolute atomic E-state index is 0.135. The van der Waals surface area contributed by atoms with Crippen molar-refractivity contribution >= 4 is 21.6 Å². The summed E-state index contributed by atoms with van der Waals surface area (Å²) >= 11 is 3.14. The van der Waals surface area contributed by atoms with E-state index in [9.17, 15) is 4.39 Å². The lowest BCUT2D eigenvalue weighted by Gasteiger charge is -2.03. The van der Waals surface area contributed by atoms with Crippen LogP contribution >= 0.6 is 15.9 Å². The Bertz CT molecular complexity index is 275. The number of hydrogen-bond donors (Lipinski definition) is 2. The fourth-order valence-corrected chi connectivity index (χ4v) is 1.28. The van der Waals surface area contributed by atoms with Crippen LogP contribution in [-0.2, 0) is 6.54 Å². The van der Waals surface area contributed by atoms with Crippen LogP contribution in [0.2, 0.25) is 0 Å². The zero-order valence-corrected chi connectivity index (χ0v) is 7.36. The van der Waals surface area contributed by atoms with E-state index in [1.165, 1.54) is 6.07 Å². The number of hydrogen-bond acceptors (Lipinski definition) is 2. The van der Waals surface area contributed by atoms with Crippen LogP contribution in [0.25, 0.3) is 0 Å². The summed E-state index contributed by atoms with van der Waals surface area (Å²) in [5.74, 6) is -0.431. The van der Waals surface area contributed by atoms with Crippen molar-refractivity contribution < 1.29 is 4.39 Å². The van der Waals surface area contributed by atoms with E-state index in [0.717, 1.165) is 0 Å². The van der Waals surface area contributed by atoms with Crippen molar-refractivity contribution in [3.05, 3.63) is 28.0 Å². The quantitative estimate of drug-likeness (QED) is 0.705. The van der Waals surface area contributed by atoms with Gasteiger partial charge in [-0.1, -0.05) is 15.9 Å². The zero-order chi connectivity index (χ0) is 8.43. The molecule has 4 N–H and O–H groups in total. The molecule has 2 nitrogen and oxygen atoms in total. The van der Waals surface area contributed by atoms with Gasteiger partial charge in [-0.05, 0) is 17.7 Å². The van der Waals surface area contributed by atoms with Gasteiger partial charge in [0.1, 0.15) is 5.82 Å². The van der Waals surface area contributed by atoms with Crippen LogP contribution in [-0.4, -0.2) is 0 Å². The molecular weight excluding hydrogens is 211 g/mol. The first-order chi connectivity index (χ1) is 5.15. The molecule has 0 unspecified atom stereocenters. The molecule has 0 fully saturated rings. The highest BCUT2D eigenvalue weighted by atomic mass is 79.9. The van der Waals surface area contributed by atoms with E-state index in [1.54, 1.807) is 6.07 Å². The van der Waals surface area contributed by atoms with Gasteiger partial charge in [0, 0.05) is 11.0 Å². The maximum atomic E-state index is 12.8. The molecule has 1 aromatic rings. The van der Waals surface area contributed by atoms with Crippen molar-refractivity contribution in [3.8, 4) is 0 Å². The molecular formula is C7H8BrFN2. The number of benzene rings is 1. The highest BCUT2D eigenvalue weighted by molar-refractivity contribution is 9.10. The van der Waals surface area contributed by atoms with Gasteiger partial charge in [-0.15, -0.1) is 0 Å². The highest BCUT2D eigenvalue weighted by Gasteiger charge is 2.04. The predicted molar refractivity (Wildman–Crippen MR) is 46.4 cm³/mol. The van der Waals surface area contributed by atoms with Gasteiger partial charge in [0.25, 0.3) is 0 Å². The third-order valence-corrected chi connectivity index (χ3v) is 1.86. The van der Waals surface area contributed by atoms with E-state index in [4.69, 9.17) is 11.5 Å². The summed E-state index contributed by atoms with van der Waals surface area (Å²) in [6.45, 7) is 0.252. The third kappa shape index (κ3) is 1.70. The minimum atomic E-state index is -0.431. The highest BCUT2D eigenvalue weighted by Crippen LogP contribution is 2.21. The lowest BCUT2D eigenvalue weighted by atomic mass is 10.2. The number of anilines is 1. The summed E-state index contributed by atoms with van der Waals surface area (Å²) < 4.78 is 13.5. The summed E-state index contributed by atoms with van der Waals surface area (Å²) in [5, 5.41) is 0. The van der Waals surface area contributed by atoms with Crippen LogP contribution in [0.3, 0.4) is 0 Å². The second-order valence-corrected chi connectivity index (χ2v) is 3.08. The first kappa shape index (κ1) is 8.49. The van der Waals surface area contributed by atoms with Gasteiger partial charge in [0.15, 0.2) is 0 Å². The Balaban J connectivity index is 3.24. The Morgan fingerprint density at radius 2 is 2.09 bits per heavy atom. The number of nitrogen functional groups attached to an aromatic ring is 1. The molecule has 0 radical (unpaired) electrons. The maximum Gasteiger partial charge on any atom is 0.147 e. The van der Waals surface area contributed by atoms with Crippen molar-refractivity contribution in [2.45, 2.75) is 6.54 Å². The number of nitrogens with two attached hydrogens (primary N) is 2. The Morgan fingerprint density at radius 3 is 2.64 bits per heavy atom. The summed E-state index contributed by atoms with van der Waals surface area (Å²) in [5.41, 5.74) is 11.5. The zero-order valence-electron chi connectivity index (χ0n) is 5.77. The van der Waals surface area contributed by atoms with E-state index in [-0.39, 0.29) is 12.2 Å². The molecule has 0 aliphatic heterocycles. The topological polar surface area (TPSA) is 52.0 Å². The second-order valence-electron chi connectivity index (χ2n) is 2.16. The average Bonchev–Trinajstić information content (AvgIpc) is 1.96. The first-order valence-corrected chi connectivity index (χ1v) is 3.88. The molecule has 11 heavy (non-hydrogen) atoms. The average molecular weight is 219 g/mol. The van der Waals surface area contributed by atoms with Crippen LogP contribution in [0.5, 0.6) is 0 Å². The van der Waals surface area contributed by atoms with Gasteiger partial charge in [-0.3, -0.25) is 0 Å². The molecule has 1 rings (SSSR count). The molecule has 0 aliphatic carbocycles. The van der Waals surface area contributed by atoms with E-state index < -0.39 is 5.82 Å². The Hall–Kier alpha value is -0.610. The molecule has 0 amide bonds. The van der Waals surface area contributed by atoms with Gasteiger partial charge < -0.3 is 11.5 Å². The van der Waals surface area contributed by atoms with Gasteiger partial charge in [-0.25, -0.2) is 4.39 Å². The summed E-state index contributed by atoms with van der Waals surface area (Å²) in [6.07, 6.45) is 0. The summed E-state index contributed by atoms with van der Waals surface area (Å²) in [6, 6.07) is 3.02. The third-order valence-electron chi connectivity index (χ3n) is 1.40. The van der Waals surface area contributed by atoms with Crippen molar-refractivity contribution in [1.82, 2.24) is 0 Å². The van der Waals surface area contributed by atoms with E-state index >= 15 is 0 Å². The molecule has 0 bridgehead atoms. The van der Waals surface area contributed by atoms with Crippen LogP contribution in [0.4, 0.5) is 10.1 Å². The maximum absolute atomic E-state index is 12.8. The molecule has 1 aromatic carbocycles. The predicted octanol–water partition coefficient (Wildman–Crippen LogP) is 1.63. The number of rotatable bonds is 1. The van der Waals surface area contributed by atoms with Gasteiger partial charge >= 0.3 is 0 Å². The number of halogens is 2. The fourth-order valence-electron chi connectivity index (χ4n) is 0.807. The Labute approximate surface area is 72.5 Å². The van der Waals surface area contributed by atoms with Crippen molar-refractivity contribution in [3.63, 3.8) is 0 Å². The van der Waals surface area contributed by atoms with Crippen LogP contribution < -0.4 is 11.5 Å². The van der Waals surface area contributed by atoms with Crippen LogP contribution in [0.15, 0.2) is 16.6 Å². The summed E-state index contributed by atoms with van der Waals surface area (Å²) in [4.78, 5) is 0. The molecule has 0 saturated heterocycles. The molecule has 0 aliphatic rings. The molecule has 0 saturated carbocycles. The van der Waals surface area contributed by atoms with Crippen molar-refractivity contribution in [2.75, 3.05) is 5.73 Å². The minimum Gasteiger partial charge on any atom is -0.396 e. The molecule has 4 heteroatoms. The largest absolute Gasteiger partial charge is 0.396 e. The smallest absolute Gasteiger partial charge is 0.147 e. The summed E-state index contributed by atoms with van der Waals surface area (Å²) in [7, 11) is 0. The Kier molecular flexibility index (Phi) is 2.46. The second kappa shape index (κ2) is 3.19. The lowest BCUT2D eigenvalue weighted by molar-refractivity contribution is 0.629. The van der Waals surface area contributed by atoms with Gasteiger partial charge in [0.2, 0.25) is 0 Å². The molecule has 0 spiro atoms. The monoisotopic (exact) mass is 218 g/mol. The van der Waals surface area contributed by atoms with Crippen LogP contribution in [0.1, 0.15) is 5.56 Å². The molecule has 60 valence electrons. The fraction of sp³-hybridized carbons (Fsp3) is 0.143. The SMILES string of the molecule is NCc1cc(Br)cc(F)c1N. The Morgan fingerprint density at radius 1 is 1.45 bits per heavy atom. The molecule has 0 atom stereocenters. The van der Waals surface area contributed by atoms with Crippen molar-refractivity contribution in [2.24, 2.45) is 5.73 Å². The first-order valence-electron chi connectivity index (χ1n) is 3.08. The van der Waals surface area contributed by atoms with E-state index in [1.807, 2.05) is 0 Å². The normalized spacial score (nSPS) is 10.1. The molecule has 0 aromatic heterocycles. The molecule has 0 heterocycles. The lowest BCUT2D eigenvalue weighted by Crippen LogP contribution is -2.03. The van der Waals surface area contributed by atoms with Gasteiger partial charge in [0.05, 0.1) is 5.69 Å². The van der Waals surface area contributed by atoms with E-state index in [2.05, 4.69) is 15.9 Å². The van der Waals surface area contributed by atoms with Crippen LogP contribution in [0, 0.1) is 5.82 Å². The van der Waals surface area contributed by atoms with Crippen molar-refractivity contribution in [1.29, 1.82) is 0 Å². The van der Waals surface area contributed by atoms with E-state index in [0.29, 0.717) is 10.0 Å². The standard InChI is InChI=1S/C7H8BrFN2/c8-5-1-4(3-10)7(11)6(9)2-5/h1-2H,3,10-11H2. The van der Waals surface area contributed by atoms with Gasteiger partial charge in [-0.2, -0.15) is 0 Å².